The molecule has 1 aromatic carbocycles. The first kappa shape index (κ1) is 19.1. The molecule has 0 fully saturated rings. The summed E-state index contributed by atoms with van der Waals surface area (Å²) in [4.78, 5) is 8.61. The SMILES string of the molecule is COc1nc(Cn2cccn2)cc2onc(NS(=O)(=O)c3ccc4oc(C)nc4c3)c12. The molecule has 0 saturated heterocycles. The number of aromatic nitrogens is 5. The lowest BCUT2D eigenvalue weighted by atomic mass is 10.2. The molecule has 0 aliphatic heterocycles. The van der Waals surface area contributed by atoms with Gasteiger partial charge in [0.1, 0.15) is 10.9 Å². The van der Waals surface area contributed by atoms with Crippen molar-refractivity contribution < 1.29 is 22.1 Å². The van der Waals surface area contributed by atoms with Gasteiger partial charge in [0, 0.05) is 25.4 Å². The molecule has 4 aromatic heterocycles. The first-order chi connectivity index (χ1) is 14.9. The van der Waals surface area contributed by atoms with E-state index in [0.29, 0.717) is 40.2 Å². The highest BCUT2D eigenvalue weighted by Gasteiger charge is 2.23. The van der Waals surface area contributed by atoms with Crippen molar-refractivity contribution in [2.45, 2.75) is 18.4 Å². The van der Waals surface area contributed by atoms with Crippen molar-refractivity contribution >= 4 is 37.9 Å². The molecule has 5 aromatic rings. The molecule has 0 unspecified atom stereocenters. The number of rotatable bonds is 6. The number of hydrogen-bond acceptors (Lipinski definition) is 9. The fourth-order valence-electron chi connectivity index (χ4n) is 3.21. The summed E-state index contributed by atoms with van der Waals surface area (Å²) in [5.41, 5.74) is 1.88. The molecule has 158 valence electrons. The number of benzene rings is 1. The predicted octanol–water partition coefficient (Wildman–Crippen LogP) is 2.73. The number of ether oxygens (including phenoxy) is 1. The zero-order valence-electron chi connectivity index (χ0n) is 16.4. The van der Waals surface area contributed by atoms with Gasteiger partial charge >= 0.3 is 0 Å². The molecular formula is C19H16N6O5S. The third-order valence-corrected chi connectivity index (χ3v) is 5.90. The number of anilines is 1. The number of methoxy groups -OCH3 is 1. The van der Waals surface area contributed by atoms with Crippen molar-refractivity contribution in [2.75, 3.05) is 11.8 Å². The van der Waals surface area contributed by atoms with Crippen molar-refractivity contribution in [2.24, 2.45) is 0 Å². The van der Waals surface area contributed by atoms with Crippen LogP contribution in [-0.4, -0.2) is 40.4 Å². The van der Waals surface area contributed by atoms with Gasteiger partial charge in [-0.25, -0.2) is 18.4 Å². The average molecular weight is 440 g/mol. The maximum Gasteiger partial charge on any atom is 0.263 e. The minimum atomic E-state index is -3.98. The molecule has 12 heteroatoms. The van der Waals surface area contributed by atoms with E-state index in [1.165, 1.54) is 19.2 Å². The third-order valence-electron chi connectivity index (χ3n) is 4.56. The van der Waals surface area contributed by atoms with Gasteiger partial charge in [0.2, 0.25) is 5.88 Å². The van der Waals surface area contributed by atoms with Gasteiger partial charge < -0.3 is 13.7 Å². The van der Waals surface area contributed by atoms with E-state index in [1.54, 1.807) is 42.2 Å². The van der Waals surface area contributed by atoms with Crippen molar-refractivity contribution in [3.63, 3.8) is 0 Å². The predicted molar refractivity (Wildman–Crippen MR) is 109 cm³/mol. The summed E-state index contributed by atoms with van der Waals surface area (Å²) < 4.78 is 46.1. The Labute approximate surface area is 175 Å². The van der Waals surface area contributed by atoms with Crippen LogP contribution in [0.1, 0.15) is 11.6 Å². The largest absolute Gasteiger partial charge is 0.480 e. The van der Waals surface area contributed by atoms with Crippen LogP contribution in [0.4, 0.5) is 5.82 Å². The zero-order chi connectivity index (χ0) is 21.6. The van der Waals surface area contributed by atoms with Crippen LogP contribution in [0.3, 0.4) is 0 Å². The van der Waals surface area contributed by atoms with E-state index in [4.69, 9.17) is 13.7 Å². The second-order valence-electron chi connectivity index (χ2n) is 6.70. The van der Waals surface area contributed by atoms with Crippen molar-refractivity contribution in [1.82, 2.24) is 24.9 Å². The normalized spacial score (nSPS) is 11.9. The van der Waals surface area contributed by atoms with Crippen LogP contribution >= 0.6 is 0 Å². The van der Waals surface area contributed by atoms with Crippen LogP contribution in [0, 0.1) is 6.92 Å². The number of pyridine rings is 1. The van der Waals surface area contributed by atoms with E-state index in [1.807, 2.05) is 0 Å². The Balaban J connectivity index is 1.51. The molecule has 0 aliphatic carbocycles. The minimum absolute atomic E-state index is 0.00618. The van der Waals surface area contributed by atoms with Crippen molar-refractivity contribution in [3.05, 3.63) is 54.3 Å². The van der Waals surface area contributed by atoms with Gasteiger partial charge in [0.05, 0.1) is 24.2 Å². The summed E-state index contributed by atoms with van der Waals surface area (Å²) in [5, 5.41) is 8.33. The van der Waals surface area contributed by atoms with Gasteiger partial charge in [0.15, 0.2) is 22.9 Å². The Hall–Kier alpha value is -3.93. The Bertz CT molecular complexity index is 1500. The van der Waals surface area contributed by atoms with E-state index in [2.05, 4.69) is 24.9 Å². The lowest BCUT2D eigenvalue weighted by Gasteiger charge is -2.08. The maximum atomic E-state index is 12.9. The van der Waals surface area contributed by atoms with Crippen LogP contribution in [0.2, 0.25) is 0 Å². The molecule has 4 heterocycles. The van der Waals surface area contributed by atoms with E-state index < -0.39 is 10.0 Å². The fraction of sp³-hybridized carbons (Fsp3) is 0.158. The summed E-state index contributed by atoms with van der Waals surface area (Å²) in [6.45, 7) is 2.08. The fourth-order valence-corrected chi connectivity index (χ4v) is 4.24. The number of oxazole rings is 1. The van der Waals surface area contributed by atoms with Crippen LogP contribution < -0.4 is 9.46 Å². The van der Waals surface area contributed by atoms with Gasteiger partial charge in [-0.1, -0.05) is 5.16 Å². The number of aryl methyl sites for hydroxylation is 1. The summed E-state index contributed by atoms with van der Waals surface area (Å²) in [6.07, 6.45) is 3.46. The van der Waals surface area contributed by atoms with Crippen molar-refractivity contribution in [1.29, 1.82) is 0 Å². The van der Waals surface area contributed by atoms with Gasteiger partial charge in [-0.05, 0) is 24.3 Å². The zero-order valence-corrected chi connectivity index (χ0v) is 17.3. The third kappa shape index (κ3) is 3.46. The molecule has 0 aliphatic rings. The highest BCUT2D eigenvalue weighted by atomic mass is 32.2. The van der Waals surface area contributed by atoms with Gasteiger partial charge in [-0.3, -0.25) is 9.40 Å². The summed E-state index contributed by atoms with van der Waals surface area (Å²) in [7, 11) is -2.55. The van der Waals surface area contributed by atoms with E-state index in [0.717, 1.165) is 0 Å². The van der Waals surface area contributed by atoms with Gasteiger partial charge in [0.25, 0.3) is 10.0 Å². The molecular weight excluding hydrogens is 424 g/mol. The van der Waals surface area contributed by atoms with Crippen LogP contribution in [0.5, 0.6) is 5.88 Å². The minimum Gasteiger partial charge on any atom is -0.480 e. The smallest absolute Gasteiger partial charge is 0.263 e. The molecule has 0 spiro atoms. The Morgan fingerprint density at radius 2 is 2.06 bits per heavy atom. The quantitative estimate of drug-likeness (QED) is 0.422. The molecule has 0 amide bonds. The first-order valence-corrected chi connectivity index (χ1v) is 10.6. The lowest BCUT2D eigenvalue weighted by molar-refractivity contribution is 0.400. The number of nitrogens with zero attached hydrogens (tertiary/aromatic N) is 5. The molecule has 11 nitrogen and oxygen atoms in total. The summed E-state index contributed by atoms with van der Waals surface area (Å²) in [6, 6.07) is 7.86. The van der Waals surface area contributed by atoms with Crippen LogP contribution in [-0.2, 0) is 16.6 Å². The van der Waals surface area contributed by atoms with Crippen LogP contribution in [0.15, 0.2) is 56.6 Å². The Kier molecular flexibility index (Phi) is 4.36. The average Bonchev–Trinajstić information content (AvgIpc) is 3.46. The molecule has 31 heavy (non-hydrogen) atoms. The first-order valence-electron chi connectivity index (χ1n) is 9.14. The summed E-state index contributed by atoms with van der Waals surface area (Å²) in [5.74, 6) is 0.601. The standard InChI is InChI=1S/C19H16N6O5S/c1-11-21-14-9-13(4-5-15(14)29-11)31(26,27)24-18-17-16(30-23-18)8-12(22-19(17)28-2)10-25-7-3-6-20-25/h3-9H,10H2,1-2H3,(H,23,24). The molecule has 5 rings (SSSR count). The monoisotopic (exact) mass is 440 g/mol. The number of nitrogens with one attached hydrogen (secondary N) is 1. The van der Waals surface area contributed by atoms with Crippen LogP contribution in [0.25, 0.3) is 22.1 Å². The number of hydrogen-bond donors (Lipinski definition) is 1. The molecule has 0 bridgehead atoms. The molecule has 1 N–H and O–H groups in total. The number of sulfonamides is 1. The molecule has 0 saturated carbocycles. The molecule has 0 radical (unpaired) electrons. The molecule has 0 atom stereocenters. The van der Waals surface area contributed by atoms with E-state index in [9.17, 15) is 8.42 Å². The lowest BCUT2D eigenvalue weighted by Crippen LogP contribution is -2.13. The van der Waals surface area contributed by atoms with Gasteiger partial charge in [-0.15, -0.1) is 0 Å². The van der Waals surface area contributed by atoms with E-state index in [-0.39, 0.29) is 16.6 Å². The topological polar surface area (TPSA) is 138 Å². The maximum absolute atomic E-state index is 12.9. The second kappa shape index (κ2) is 7.09. The number of fused-ring (bicyclic) bond motifs is 2. The summed E-state index contributed by atoms with van der Waals surface area (Å²) >= 11 is 0. The Morgan fingerprint density at radius 3 is 2.84 bits per heavy atom. The highest BCUT2D eigenvalue weighted by Crippen LogP contribution is 2.33. The highest BCUT2D eigenvalue weighted by molar-refractivity contribution is 7.92. The Morgan fingerprint density at radius 1 is 1.19 bits per heavy atom. The van der Waals surface area contributed by atoms with E-state index >= 15 is 0 Å². The van der Waals surface area contributed by atoms with Gasteiger partial charge in [-0.2, -0.15) is 5.10 Å². The second-order valence-corrected chi connectivity index (χ2v) is 8.38. The van der Waals surface area contributed by atoms with Crippen molar-refractivity contribution in [3.8, 4) is 5.88 Å².